The molecule has 0 radical (unpaired) electrons. The Balaban J connectivity index is 1.57. The lowest BCUT2D eigenvalue weighted by molar-refractivity contribution is 0.0876. The molecule has 0 bridgehead atoms. The third kappa shape index (κ3) is 4.60. The van der Waals surface area contributed by atoms with Crippen LogP contribution < -0.4 is 15.0 Å². The van der Waals surface area contributed by atoms with Gasteiger partial charge in [-0.1, -0.05) is 0 Å². The number of nitrogens with zero attached hydrogens (tertiary/aromatic N) is 2. The molecule has 0 fully saturated rings. The minimum atomic E-state index is -0.807. The van der Waals surface area contributed by atoms with Crippen LogP contribution in [0.25, 0.3) is 0 Å². The van der Waals surface area contributed by atoms with Crippen molar-refractivity contribution >= 4 is 0 Å². The SMILES string of the molecule is CCOc1ccc(OCC(O)Cn2nc3c(cc2=O)CCCC3)cc1. The standard InChI is InChI=1S/C19H24N2O4/c1-2-24-16-7-9-17(10-8-16)25-13-15(22)12-21-19(23)11-14-5-3-4-6-18(14)20-21/h7-11,15,22H,2-6,12-13H2,1H3. The predicted molar refractivity (Wildman–Crippen MR) is 94.3 cm³/mol. The Bertz CT molecular complexity index is 755. The highest BCUT2D eigenvalue weighted by atomic mass is 16.5. The van der Waals surface area contributed by atoms with E-state index in [9.17, 15) is 9.90 Å². The Morgan fingerprint density at radius 1 is 1.16 bits per heavy atom. The van der Waals surface area contributed by atoms with Crippen LogP contribution in [0.15, 0.2) is 35.1 Å². The number of benzene rings is 1. The predicted octanol–water partition coefficient (Wildman–Crippen LogP) is 1.96. The molecular weight excluding hydrogens is 320 g/mol. The molecule has 1 aliphatic rings. The summed E-state index contributed by atoms with van der Waals surface area (Å²) in [4.78, 5) is 12.1. The van der Waals surface area contributed by atoms with Crippen molar-refractivity contribution in [3.8, 4) is 11.5 Å². The van der Waals surface area contributed by atoms with Gasteiger partial charge in [0, 0.05) is 6.07 Å². The van der Waals surface area contributed by atoms with Gasteiger partial charge in [0.1, 0.15) is 24.2 Å². The van der Waals surface area contributed by atoms with Crippen molar-refractivity contribution < 1.29 is 14.6 Å². The summed E-state index contributed by atoms with van der Waals surface area (Å²) >= 11 is 0. The fraction of sp³-hybridized carbons (Fsp3) is 0.474. The number of aromatic nitrogens is 2. The van der Waals surface area contributed by atoms with Crippen molar-refractivity contribution in [2.45, 2.75) is 45.3 Å². The molecule has 6 nitrogen and oxygen atoms in total. The Morgan fingerprint density at radius 3 is 2.56 bits per heavy atom. The highest BCUT2D eigenvalue weighted by molar-refractivity contribution is 5.31. The molecule has 25 heavy (non-hydrogen) atoms. The highest BCUT2D eigenvalue weighted by Gasteiger charge is 2.15. The van der Waals surface area contributed by atoms with Crippen LogP contribution in [0.4, 0.5) is 0 Å². The molecule has 6 heteroatoms. The normalized spacial score (nSPS) is 14.6. The van der Waals surface area contributed by atoms with E-state index in [0.717, 1.165) is 42.7 Å². The molecule has 1 unspecified atom stereocenters. The second-order valence-corrected chi connectivity index (χ2v) is 6.21. The Kier molecular flexibility index (Phi) is 5.71. The maximum absolute atomic E-state index is 12.1. The summed E-state index contributed by atoms with van der Waals surface area (Å²) in [6, 6.07) is 8.88. The zero-order valence-corrected chi connectivity index (χ0v) is 14.5. The molecule has 1 aliphatic carbocycles. The van der Waals surface area contributed by atoms with E-state index >= 15 is 0 Å². The first-order valence-electron chi connectivity index (χ1n) is 8.79. The van der Waals surface area contributed by atoms with Crippen LogP contribution in [0, 0.1) is 0 Å². The summed E-state index contributed by atoms with van der Waals surface area (Å²) in [6.45, 7) is 2.77. The topological polar surface area (TPSA) is 73.6 Å². The summed E-state index contributed by atoms with van der Waals surface area (Å²) < 4.78 is 12.3. The van der Waals surface area contributed by atoms with Gasteiger partial charge in [-0.2, -0.15) is 5.10 Å². The Hall–Kier alpha value is -2.34. The van der Waals surface area contributed by atoms with Crippen LogP contribution in [0.1, 0.15) is 31.0 Å². The van der Waals surface area contributed by atoms with Crippen molar-refractivity contribution in [3.05, 3.63) is 51.9 Å². The Morgan fingerprint density at radius 2 is 1.84 bits per heavy atom. The van der Waals surface area contributed by atoms with Crippen molar-refractivity contribution in [1.29, 1.82) is 0 Å². The minimum Gasteiger partial charge on any atom is -0.494 e. The van der Waals surface area contributed by atoms with Crippen LogP contribution in [0.3, 0.4) is 0 Å². The fourth-order valence-electron chi connectivity index (χ4n) is 2.98. The Labute approximate surface area is 147 Å². The number of aryl methyl sites for hydroxylation is 2. The molecule has 0 spiro atoms. The van der Waals surface area contributed by atoms with E-state index in [1.807, 2.05) is 19.1 Å². The quantitative estimate of drug-likeness (QED) is 0.831. The largest absolute Gasteiger partial charge is 0.494 e. The molecule has 134 valence electrons. The van der Waals surface area contributed by atoms with Crippen molar-refractivity contribution in [1.82, 2.24) is 9.78 Å². The maximum Gasteiger partial charge on any atom is 0.267 e. The third-order valence-corrected chi connectivity index (χ3v) is 4.23. The van der Waals surface area contributed by atoms with Gasteiger partial charge >= 0.3 is 0 Å². The molecule has 0 amide bonds. The summed E-state index contributed by atoms with van der Waals surface area (Å²) in [6.07, 6.45) is 3.22. The molecule has 1 aromatic heterocycles. The van der Waals surface area contributed by atoms with Gasteiger partial charge in [-0.25, -0.2) is 4.68 Å². The molecular formula is C19H24N2O4. The van der Waals surface area contributed by atoms with Crippen LogP contribution in [0.5, 0.6) is 11.5 Å². The lowest BCUT2D eigenvalue weighted by atomic mass is 9.97. The van der Waals surface area contributed by atoms with Gasteiger partial charge in [-0.15, -0.1) is 0 Å². The van der Waals surface area contributed by atoms with Gasteiger partial charge in [-0.05, 0) is 62.4 Å². The number of hydrogen-bond donors (Lipinski definition) is 1. The zero-order valence-electron chi connectivity index (χ0n) is 14.5. The van der Waals surface area contributed by atoms with Crippen LogP contribution >= 0.6 is 0 Å². The monoisotopic (exact) mass is 344 g/mol. The number of aliphatic hydroxyl groups is 1. The van der Waals surface area contributed by atoms with E-state index in [1.54, 1.807) is 18.2 Å². The van der Waals surface area contributed by atoms with Gasteiger partial charge in [0.2, 0.25) is 0 Å². The highest BCUT2D eigenvalue weighted by Crippen LogP contribution is 2.18. The molecule has 3 rings (SSSR count). The average Bonchev–Trinajstić information content (AvgIpc) is 2.62. The summed E-state index contributed by atoms with van der Waals surface area (Å²) in [7, 11) is 0. The molecule has 0 aliphatic heterocycles. The van der Waals surface area contributed by atoms with Crippen LogP contribution in [0.2, 0.25) is 0 Å². The van der Waals surface area contributed by atoms with Crippen LogP contribution in [-0.2, 0) is 19.4 Å². The number of ether oxygens (including phenoxy) is 2. The van der Waals surface area contributed by atoms with Crippen molar-refractivity contribution in [2.24, 2.45) is 0 Å². The van der Waals surface area contributed by atoms with Gasteiger partial charge in [0.15, 0.2) is 0 Å². The number of aliphatic hydroxyl groups excluding tert-OH is 1. The van der Waals surface area contributed by atoms with Gasteiger partial charge in [0.05, 0.1) is 18.8 Å². The van der Waals surface area contributed by atoms with Crippen LogP contribution in [-0.4, -0.2) is 34.2 Å². The third-order valence-electron chi connectivity index (χ3n) is 4.23. The smallest absolute Gasteiger partial charge is 0.267 e. The summed E-state index contributed by atoms with van der Waals surface area (Å²) in [5, 5.41) is 14.6. The van der Waals surface area contributed by atoms with E-state index in [0.29, 0.717) is 12.4 Å². The fourth-order valence-corrected chi connectivity index (χ4v) is 2.98. The number of hydrogen-bond acceptors (Lipinski definition) is 5. The van der Waals surface area contributed by atoms with E-state index in [-0.39, 0.29) is 18.7 Å². The molecule has 0 saturated carbocycles. The first-order chi connectivity index (χ1) is 12.2. The molecule has 1 aromatic carbocycles. The minimum absolute atomic E-state index is 0.0964. The lowest BCUT2D eigenvalue weighted by Gasteiger charge is -2.18. The van der Waals surface area contributed by atoms with Gasteiger partial charge in [0.25, 0.3) is 5.56 Å². The molecule has 0 saturated heterocycles. The molecule has 1 heterocycles. The van der Waals surface area contributed by atoms with Gasteiger partial charge < -0.3 is 14.6 Å². The number of rotatable bonds is 7. The first-order valence-corrected chi connectivity index (χ1v) is 8.79. The van der Waals surface area contributed by atoms with E-state index in [1.165, 1.54) is 4.68 Å². The van der Waals surface area contributed by atoms with Crippen molar-refractivity contribution in [3.63, 3.8) is 0 Å². The van der Waals surface area contributed by atoms with E-state index < -0.39 is 6.10 Å². The molecule has 1 atom stereocenters. The zero-order chi connectivity index (χ0) is 17.6. The van der Waals surface area contributed by atoms with E-state index in [2.05, 4.69) is 5.10 Å². The molecule has 1 N–H and O–H groups in total. The molecule has 2 aromatic rings. The second kappa shape index (κ2) is 8.16. The summed E-state index contributed by atoms with van der Waals surface area (Å²) in [5.41, 5.74) is 1.86. The van der Waals surface area contributed by atoms with Gasteiger partial charge in [-0.3, -0.25) is 4.79 Å². The second-order valence-electron chi connectivity index (χ2n) is 6.21. The lowest BCUT2D eigenvalue weighted by Crippen LogP contribution is -2.33. The maximum atomic E-state index is 12.1. The summed E-state index contributed by atoms with van der Waals surface area (Å²) in [5.74, 6) is 1.42. The average molecular weight is 344 g/mol. The number of fused-ring (bicyclic) bond motifs is 1. The van der Waals surface area contributed by atoms with Crippen molar-refractivity contribution in [2.75, 3.05) is 13.2 Å². The van der Waals surface area contributed by atoms with E-state index in [4.69, 9.17) is 9.47 Å². The first kappa shape index (κ1) is 17.5.